The highest BCUT2D eigenvalue weighted by atomic mass is 127. The molecule has 3 rings (SSSR count). The Morgan fingerprint density at radius 1 is 1.23 bits per heavy atom. The Labute approximate surface area is 198 Å². The van der Waals surface area contributed by atoms with E-state index in [1.807, 2.05) is 0 Å². The topological polar surface area (TPSA) is 55.3 Å². The first kappa shape index (κ1) is 25.4. The minimum absolute atomic E-state index is 0. The van der Waals surface area contributed by atoms with Crippen molar-refractivity contribution in [2.24, 2.45) is 10.9 Å². The summed E-state index contributed by atoms with van der Waals surface area (Å²) in [6.07, 6.45) is 3.30. The summed E-state index contributed by atoms with van der Waals surface area (Å²) in [6, 6.07) is 8.49. The van der Waals surface area contributed by atoms with E-state index >= 15 is 0 Å². The van der Waals surface area contributed by atoms with E-state index in [2.05, 4.69) is 48.3 Å². The Morgan fingerprint density at radius 3 is 2.80 bits per heavy atom. The van der Waals surface area contributed by atoms with Crippen LogP contribution in [0.25, 0.3) is 0 Å². The van der Waals surface area contributed by atoms with Crippen LogP contribution in [0.3, 0.4) is 0 Å². The number of ether oxygens (including phenoxy) is 3. The third-order valence-electron chi connectivity index (χ3n) is 5.64. The van der Waals surface area contributed by atoms with Crippen molar-refractivity contribution >= 4 is 29.9 Å². The zero-order valence-corrected chi connectivity index (χ0v) is 20.8. The zero-order valence-electron chi connectivity index (χ0n) is 18.5. The molecule has 0 spiro atoms. The van der Waals surface area contributed by atoms with Gasteiger partial charge in [0.25, 0.3) is 0 Å². The highest BCUT2D eigenvalue weighted by Crippen LogP contribution is 2.25. The summed E-state index contributed by atoms with van der Waals surface area (Å²) in [5.41, 5.74) is 2.55. The van der Waals surface area contributed by atoms with Crippen molar-refractivity contribution in [3.05, 3.63) is 35.4 Å². The minimum Gasteiger partial charge on any atom is -0.381 e. The van der Waals surface area contributed by atoms with Crippen LogP contribution in [0.15, 0.2) is 29.3 Å². The molecule has 1 aromatic carbocycles. The van der Waals surface area contributed by atoms with Crippen molar-refractivity contribution in [1.29, 1.82) is 0 Å². The number of nitrogens with zero attached hydrogens (tertiary/aromatic N) is 2. The molecule has 0 bridgehead atoms. The summed E-state index contributed by atoms with van der Waals surface area (Å²) in [7, 11) is 0. The molecule has 1 atom stereocenters. The number of hydrogen-bond acceptors (Lipinski definition) is 4. The molecule has 2 saturated heterocycles. The van der Waals surface area contributed by atoms with E-state index in [0.29, 0.717) is 5.92 Å². The summed E-state index contributed by atoms with van der Waals surface area (Å²) in [4.78, 5) is 7.17. The molecule has 2 aliphatic rings. The summed E-state index contributed by atoms with van der Waals surface area (Å²) in [5.74, 6) is 1.65. The van der Waals surface area contributed by atoms with Crippen molar-refractivity contribution in [3.8, 4) is 0 Å². The van der Waals surface area contributed by atoms with E-state index < -0.39 is 0 Å². The molecule has 6 nitrogen and oxygen atoms in total. The largest absolute Gasteiger partial charge is 0.381 e. The highest BCUT2D eigenvalue weighted by Gasteiger charge is 2.25. The monoisotopic (exact) mass is 531 g/mol. The van der Waals surface area contributed by atoms with Crippen molar-refractivity contribution in [3.63, 3.8) is 0 Å². The first-order valence-corrected chi connectivity index (χ1v) is 11.1. The molecular weight excluding hydrogens is 493 g/mol. The van der Waals surface area contributed by atoms with Gasteiger partial charge in [-0.1, -0.05) is 24.3 Å². The van der Waals surface area contributed by atoms with Crippen LogP contribution in [0, 0.1) is 12.8 Å². The maximum absolute atomic E-state index is 6.07. The predicted molar refractivity (Wildman–Crippen MR) is 132 cm³/mol. The van der Waals surface area contributed by atoms with Gasteiger partial charge in [-0.15, -0.1) is 24.0 Å². The molecule has 1 N–H and O–H groups in total. The molecule has 2 heterocycles. The molecule has 1 aromatic rings. The lowest BCUT2D eigenvalue weighted by Crippen LogP contribution is -2.48. The van der Waals surface area contributed by atoms with Crippen LogP contribution >= 0.6 is 24.0 Å². The molecule has 0 saturated carbocycles. The summed E-state index contributed by atoms with van der Waals surface area (Å²) in [6.45, 7) is 11.7. The Hall–Kier alpha value is -0.900. The summed E-state index contributed by atoms with van der Waals surface area (Å²) >= 11 is 0. The minimum atomic E-state index is 0. The van der Waals surface area contributed by atoms with Gasteiger partial charge in [0.15, 0.2) is 5.96 Å². The smallest absolute Gasteiger partial charge is 0.194 e. The number of hydrogen-bond donors (Lipinski definition) is 1. The molecular formula is C23H38IN3O3. The van der Waals surface area contributed by atoms with Crippen LogP contribution in [-0.4, -0.2) is 70.1 Å². The second-order valence-corrected chi connectivity index (χ2v) is 7.88. The van der Waals surface area contributed by atoms with Gasteiger partial charge in [0, 0.05) is 46.1 Å². The van der Waals surface area contributed by atoms with Crippen LogP contribution in [-0.2, 0) is 14.2 Å². The molecule has 0 aromatic heterocycles. The van der Waals surface area contributed by atoms with Gasteiger partial charge in [0.2, 0.25) is 0 Å². The number of morpholine rings is 1. The molecule has 2 fully saturated rings. The predicted octanol–water partition coefficient (Wildman–Crippen LogP) is 3.79. The van der Waals surface area contributed by atoms with Crippen molar-refractivity contribution in [2.45, 2.75) is 39.2 Å². The van der Waals surface area contributed by atoms with E-state index in [9.17, 15) is 0 Å². The van der Waals surface area contributed by atoms with Gasteiger partial charge < -0.3 is 24.4 Å². The van der Waals surface area contributed by atoms with E-state index in [1.54, 1.807) is 0 Å². The average molecular weight is 531 g/mol. The SMILES string of the molecule is CCNC(=NCCCOCC1CCOCC1)N1CCOC(c2ccccc2C)C1.I. The fourth-order valence-corrected chi connectivity index (χ4v) is 3.92. The fourth-order valence-electron chi connectivity index (χ4n) is 3.92. The first-order chi connectivity index (χ1) is 14.3. The van der Waals surface area contributed by atoms with Crippen molar-refractivity contribution < 1.29 is 14.2 Å². The van der Waals surface area contributed by atoms with E-state index in [-0.39, 0.29) is 30.1 Å². The van der Waals surface area contributed by atoms with Crippen LogP contribution in [0.2, 0.25) is 0 Å². The average Bonchev–Trinajstić information content (AvgIpc) is 2.76. The number of guanidine groups is 1. The van der Waals surface area contributed by atoms with Crippen LogP contribution in [0.1, 0.15) is 43.4 Å². The van der Waals surface area contributed by atoms with Crippen LogP contribution in [0.4, 0.5) is 0 Å². The normalized spacial score (nSPS) is 20.7. The summed E-state index contributed by atoms with van der Waals surface area (Å²) in [5, 5.41) is 3.45. The molecule has 0 radical (unpaired) electrons. The Morgan fingerprint density at radius 2 is 2.03 bits per heavy atom. The maximum atomic E-state index is 6.07. The van der Waals surface area contributed by atoms with Crippen molar-refractivity contribution in [2.75, 3.05) is 59.2 Å². The Balaban J connectivity index is 0.00000320. The second kappa shape index (κ2) is 14.2. The zero-order chi connectivity index (χ0) is 20.3. The molecule has 30 heavy (non-hydrogen) atoms. The number of halogens is 1. The third-order valence-corrected chi connectivity index (χ3v) is 5.64. The lowest BCUT2D eigenvalue weighted by atomic mass is 10.0. The quantitative estimate of drug-likeness (QED) is 0.240. The molecule has 2 aliphatic heterocycles. The first-order valence-electron chi connectivity index (χ1n) is 11.1. The molecule has 7 heteroatoms. The highest BCUT2D eigenvalue weighted by molar-refractivity contribution is 14.0. The maximum Gasteiger partial charge on any atom is 0.194 e. The fraction of sp³-hybridized carbons (Fsp3) is 0.696. The number of aryl methyl sites for hydroxylation is 1. The Kier molecular flexibility index (Phi) is 12.0. The lowest BCUT2D eigenvalue weighted by molar-refractivity contribution is -0.00835. The van der Waals surface area contributed by atoms with Gasteiger partial charge in [0.1, 0.15) is 6.10 Å². The van der Waals surface area contributed by atoms with Crippen LogP contribution in [0.5, 0.6) is 0 Å². The Bertz CT molecular complexity index is 638. The lowest BCUT2D eigenvalue weighted by Gasteiger charge is -2.35. The van der Waals surface area contributed by atoms with Crippen molar-refractivity contribution in [1.82, 2.24) is 10.2 Å². The van der Waals surface area contributed by atoms with Gasteiger partial charge in [-0.2, -0.15) is 0 Å². The number of rotatable bonds is 8. The van der Waals surface area contributed by atoms with Crippen LogP contribution < -0.4 is 5.32 Å². The molecule has 0 amide bonds. The number of aliphatic imine (C=N–C) groups is 1. The van der Waals surface area contributed by atoms with Gasteiger partial charge in [-0.3, -0.25) is 4.99 Å². The molecule has 0 aliphatic carbocycles. The van der Waals surface area contributed by atoms with E-state index in [1.165, 1.54) is 11.1 Å². The number of nitrogens with one attached hydrogen (secondary N) is 1. The standard InChI is InChI=1S/C23H37N3O3.HI/c1-3-24-23(25-11-6-13-28-18-20-9-14-27-15-10-20)26-12-16-29-22(17-26)21-8-5-4-7-19(21)2;/h4-5,7-8,20,22H,3,6,9-18H2,1-2H3,(H,24,25);1H. The van der Waals surface area contributed by atoms with E-state index in [0.717, 1.165) is 84.4 Å². The third kappa shape index (κ3) is 7.98. The molecule has 170 valence electrons. The van der Waals surface area contributed by atoms with Gasteiger partial charge in [0.05, 0.1) is 13.2 Å². The van der Waals surface area contributed by atoms with E-state index in [4.69, 9.17) is 19.2 Å². The molecule has 1 unspecified atom stereocenters. The van der Waals surface area contributed by atoms with Gasteiger partial charge in [-0.05, 0) is 50.2 Å². The summed E-state index contributed by atoms with van der Waals surface area (Å²) < 4.78 is 17.3. The second-order valence-electron chi connectivity index (χ2n) is 7.88. The van der Waals surface area contributed by atoms with Gasteiger partial charge in [-0.25, -0.2) is 0 Å². The number of benzene rings is 1. The van der Waals surface area contributed by atoms with Gasteiger partial charge >= 0.3 is 0 Å².